The first-order valence-electron chi connectivity index (χ1n) is 4.71. The van der Waals surface area contributed by atoms with Crippen LogP contribution in [-0.2, 0) is 0 Å². The van der Waals surface area contributed by atoms with Crippen molar-refractivity contribution in [1.82, 2.24) is 5.32 Å². The van der Waals surface area contributed by atoms with Crippen LogP contribution in [0.25, 0.3) is 0 Å². The highest BCUT2D eigenvalue weighted by molar-refractivity contribution is 5.89. The Morgan fingerprint density at radius 2 is 2.20 bits per heavy atom. The van der Waals surface area contributed by atoms with Gasteiger partial charge in [0.05, 0.1) is 0 Å². The first kappa shape index (κ1) is 9.76. The minimum Gasteiger partial charge on any atom is -0.505 e. The maximum Gasteiger partial charge on any atom is 0.319 e. The number of benzene rings is 1. The van der Waals surface area contributed by atoms with Gasteiger partial charge < -0.3 is 15.7 Å². The molecule has 0 heterocycles. The molecule has 2 rings (SSSR count). The minimum atomic E-state index is -0.751. The van der Waals surface area contributed by atoms with Crippen LogP contribution in [0.3, 0.4) is 0 Å². The van der Waals surface area contributed by atoms with E-state index in [4.69, 9.17) is 5.11 Å². The Hall–Kier alpha value is -1.78. The number of hydrogen-bond acceptors (Lipinski definition) is 2. The first-order chi connectivity index (χ1) is 7.15. The normalized spacial score (nSPS) is 14.7. The van der Waals surface area contributed by atoms with Gasteiger partial charge >= 0.3 is 6.03 Å². The summed E-state index contributed by atoms with van der Waals surface area (Å²) >= 11 is 0. The summed E-state index contributed by atoms with van der Waals surface area (Å²) in [6.45, 7) is 0. The Morgan fingerprint density at radius 3 is 2.80 bits per heavy atom. The van der Waals surface area contributed by atoms with E-state index in [9.17, 15) is 9.18 Å². The highest BCUT2D eigenvalue weighted by Gasteiger charge is 2.23. The predicted octanol–water partition coefficient (Wildman–Crippen LogP) is 1.82. The van der Waals surface area contributed by atoms with E-state index in [1.807, 2.05) is 0 Å². The third-order valence-electron chi connectivity index (χ3n) is 2.12. The number of halogens is 1. The smallest absolute Gasteiger partial charge is 0.319 e. The monoisotopic (exact) mass is 210 g/mol. The number of aromatic hydroxyl groups is 1. The Labute approximate surface area is 86.1 Å². The van der Waals surface area contributed by atoms with Crippen molar-refractivity contribution in [2.24, 2.45) is 0 Å². The lowest BCUT2D eigenvalue weighted by molar-refractivity contribution is 0.251. The molecule has 0 atom stereocenters. The van der Waals surface area contributed by atoms with Gasteiger partial charge in [-0.1, -0.05) is 0 Å². The first-order valence-corrected chi connectivity index (χ1v) is 4.71. The highest BCUT2D eigenvalue weighted by Crippen LogP contribution is 2.21. The molecule has 1 fully saturated rings. The molecule has 4 nitrogen and oxygen atoms in total. The van der Waals surface area contributed by atoms with Crippen LogP contribution in [0.5, 0.6) is 5.75 Å². The van der Waals surface area contributed by atoms with E-state index in [1.54, 1.807) is 0 Å². The van der Waals surface area contributed by atoms with Crippen LogP contribution in [-0.4, -0.2) is 17.2 Å². The number of phenolic OH excluding ortho intramolecular Hbond substituents is 1. The fourth-order valence-electron chi connectivity index (χ4n) is 1.16. The van der Waals surface area contributed by atoms with Gasteiger partial charge in [0.2, 0.25) is 0 Å². The molecule has 0 aliphatic heterocycles. The van der Waals surface area contributed by atoms with Crippen molar-refractivity contribution in [3.63, 3.8) is 0 Å². The third-order valence-corrected chi connectivity index (χ3v) is 2.12. The second-order valence-electron chi connectivity index (χ2n) is 3.54. The Balaban J connectivity index is 1.97. The molecule has 0 radical (unpaired) electrons. The Morgan fingerprint density at radius 1 is 1.47 bits per heavy atom. The molecule has 80 valence electrons. The molecule has 15 heavy (non-hydrogen) atoms. The number of anilines is 1. The number of carbonyl (C=O) groups excluding carboxylic acids is 1. The standard InChI is InChI=1S/C10H11FN2O2/c11-8-5-7(3-4-9(8)14)13-10(15)12-6-1-2-6/h3-6,14H,1-2H2,(H2,12,13,15). The van der Waals surface area contributed by atoms with E-state index < -0.39 is 11.6 Å². The van der Waals surface area contributed by atoms with Crippen molar-refractivity contribution < 1.29 is 14.3 Å². The average Bonchev–Trinajstić information content (AvgIpc) is 2.95. The zero-order valence-corrected chi connectivity index (χ0v) is 7.96. The zero-order chi connectivity index (χ0) is 10.8. The van der Waals surface area contributed by atoms with Crippen molar-refractivity contribution in [3.8, 4) is 5.75 Å². The third kappa shape index (κ3) is 2.59. The van der Waals surface area contributed by atoms with Gasteiger partial charge in [0, 0.05) is 17.8 Å². The number of nitrogens with one attached hydrogen (secondary N) is 2. The molecule has 5 heteroatoms. The van der Waals surface area contributed by atoms with Crippen LogP contribution in [0, 0.1) is 5.82 Å². The van der Waals surface area contributed by atoms with Crippen LogP contribution < -0.4 is 10.6 Å². The summed E-state index contributed by atoms with van der Waals surface area (Å²) in [5, 5.41) is 14.1. The van der Waals surface area contributed by atoms with Crippen molar-refractivity contribution in [2.45, 2.75) is 18.9 Å². The molecule has 0 aromatic heterocycles. The summed E-state index contributed by atoms with van der Waals surface area (Å²) in [7, 11) is 0. The lowest BCUT2D eigenvalue weighted by atomic mass is 10.3. The van der Waals surface area contributed by atoms with Crippen LogP contribution in [0.1, 0.15) is 12.8 Å². The molecule has 1 aliphatic rings. The molecule has 1 aromatic rings. The largest absolute Gasteiger partial charge is 0.505 e. The molecule has 1 aromatic carbocycles. The second kappa shape index (κ2) is 3.76. The summed E-state index contributed by atoms with van der Waals surface area (Å²) in [5.74, 6) is -1.18. The highest BCUT2D eigenvalue weighted by atomic mass is 19.1. The van der Waals surface area contributed by atoms with Crippen LogP contribution in [0.2, 0.25) is 0 Å². The van der Waals surface area contributed by atoms with Gasteiger partial charge in [-0.3, -0.25) is 0 Å². The van der Waals surface area contributed by atoms with E-state index in [0.29, 0.717) is 5.69 Å². The van der Waals surface area contributed by atoms with Gasteiger partial charge in [-0.15, -0.1) is 0 Å². The molecule has 0 unspecified atom stereocenters. The topological polar surface area (TPSA) is 61.4 Å². The van der Waals surface area contributed by atoms with Crippen molar-refractivity contribution in [3.05, 3.63) is 24.0 Å². The van der Waals surface area contributed by atoms with E-state index >= 15 is 0 Å². The summed E-state index contributed by atoms with van der Waals surface area (Å²) in [6.07, 6.45) is 1.99. The van der Waals surface area contributed by atoms with Crippen molar-refractivity contribution >= 4 is 11.7 Å². The molecule has 1 aliphatic carbocycles. The number of hydrogen-bond donors (Lipinski definition) is 3. The van der Waals surface area contributed by atoms with Crippen molar-refractivity contribution in [2.75, 3.05) is 5.32 Å². The lowest BCUT2D eigenvalue weighted by Gasteiger charge is -2.06. The quantitative estimate of drug-likeness (QED) is 0.652. The molecule has 0 saturated heterocycles. The van der Waals surface area contributed by atoms with Gasteiger partial charge in [0.15, 0.2) is 11.6 Å². The molecule has 0 bridgehead atoms. The summed E-state index contributed by atoms with van der Waals surface area (Å²) in [6, 6.07) is 3.61. The van der Waals surface area contributed by atoms with E-state index in [1.165, 1.54) is 12.1 Å². The summed E-state index contributed by atoms with van der Waals surface area (Å²) in [4.78, 5) is 11.3. The minimum absolute atomic E-state index is 0.256. The molecular formula is C10H11FN2O2. The second-order valence-corrected chi connectivity index (χ2v) is 3.54. The molecule has 0 spiro atoms. The van der Waals surface area contributed by atoms with Crippen molar-refractivity contribution in [1.29, 1.82) is 0 Å². The van der Waals surface area contributed by atoms with E-state index in [2.05, 4.69) is 10.6 Å². The van der Waals surface area contributed by atoms with Gasteiger partial charge in [0.1, 0.15) is 0 Å². The predicted molar refractivity (Wildman–Crippen MR) is 53.2 cm³/mol. The van der Waals surface area contributed by atoms with Crippen LogP contribution in [0.15, 0.2) is 18.2 Å². The number of phenols is 1. The Kier molecular flexibility index (Phi) is 2.45. The lowest BCUT2D eigenvalue weighted by Crippen LogP contribution is -2.30. The number of carbonyl (C=O) groups is 1. The summed E-state index contributed by atoms with van der Waals surface area (Å²) in [5.41, 5.74) is 0.323. The van der Waals surface area contributed by atoms with Crippen LogP contribution in [0.4, 0.5) is 14.9 Å². The molecular weight excluding hydrogens is 199 g/mol. The maximum atomic E-state index is 12.9. The average molecular weight is 210 g/mol. The Bertz CT molecular complexity index is 391. The molecule has 3 N–H and O–H groups in total. The van der Waals surface area contributed by atoms with Gasteiger partial charge in [-0.05, 0) is 25.0 Å². The fraction of sp³-hybridized carbons (Fsp3) is 0.300. The van der Waals surface area contributed by atoms with Gasteiger partial charge in [-0.2, -0.15) is 0 Å². The summed E-state index contributed by atoms with van der Waals surface area (Å²) < 4.78 is 12.9. The maximum absolute atomic E-state index is 12.9. The van der Waals surface area contributed by atoms with Gasteiger partial charge in [0.25, 0.3) is 0 Å². The number of rotatable bonds is 2. The molecule has 2 amide bonds. The van der Waals surface area contributed by atoms with E-state index in [-0.39, 0.29) is 12.1 Å². The SMILES string of the molecule is O=C(Nc1ccc(O)c(F)c1)NC1CC1. The van der Waals surface area contributed by atoms with E-state index in [0.717, 1.165) is 18.9 Å². The number of urea groups is 1. The fourth-order valence-corrected chi connectivity index (χ4v) is 1.16. The van der Waals surface area contributed by atoms with Crippen LogP contribution >= 0.6 is 0 Å². The number of amides is 2. The zero-order valence-electron chi connectivity index (χ0n) is 7.96. The van der Waals surface area contributed by atoms with Gasteiger partial charge in [-0.25, -0.2) is 9.18 Å². The molecule has 1 saturated carbocycles.